The minimum absolute atomic E-state index is 0.371. The van der Waals surface area contributed by atoms with E-state index in [9.17, 15) is 0 Å². The molecule has 0 saturated carbocycles. The Hall–Kier alpha value is -0.420. The maximum absolute atomic E-state index is 5.98. The molecule has 0 amide bonds. The van der Waals surface area contributed by atoms with E-state index in [-0.39, 0.29) is 5.54 Å². The van der Waals surface area contributed by atoms with E-state index < -0.39 is 0 Å². The molecule has 2 aromatic rings. The number of hydrogen-bond acceptors (Lipinski definition) is 4. The maximum atomic E-state index is 5.98. The summed E-state index contributed by atoms with van der Waals surface area (Å²) in [7, 11) is 0. The first-order valence-electron chi connectivity index (χ1n) is 4.47. The summed E-state index contributed by atoms with van der Waals surface area (Å²) in [6, 6.07) is 3.86. The van der Waals surface area contributed by atoms with Gasteiger partial charge in [0.2, 0.25) is 0 Å². The van der Waals surface area contributed by atoms with Crippen molar-refractivity contribution in [3.05, 3.63) is 26.9 Å². The van der Waals surface area contributed by atoms with Crippen LogP contribution in [0.1, 0.15) is 18.9 Å². The van der Waals surface area contributed by atoms with Crippen LogP contribution in [-0.2, 0) is 5.54 Å². The van der Waals surface area contributed by atoms with Gasteiger partial charge in [0.1, 0.15) is 5.01 Å². The molecule has 2 N–H and O–H groups in total. The second-order valence-corrected chi connectivity index (χ2v) is 6.44. The molecule has 0 unspecified atom stereocenters. The highest BCUT2D eigenvalue weighted by molar-refractivity contribution is 7.19. The van der Waals surface area contributed by atoms with E-state index in [1.165, 1.54) is 11.3 Å². The fourth-order valence-corrected chi connectivity index (χ4v) is 3.07. The number of thiophene rings is 1. The largest absolute Gasteiger partial charge is 0.320 e. The predicted octanol–water partition coefficient (Wildman–Crippen LogP) is 3.72. The molecule has 2 aromatic heterocycles. The van der Waals surface area contributed by atoms with E-state index in [1.807, 2.05) is 31.4 Å². The first kappa shape index (κ1) is 11.1. The quantitative estimate of drug-likeness (QED) is 0.892. The molecule has 0 aliphatic carbocycles. The molecule has 80 valence electrons. The van der Waals surface area contributed by atoms with Crippen molar-refractivity contribution in [3.63, 3.8) is 0 Å². The van der Waals surface area contributed by atoms with Crippen molar-refractivity contribution in [2.24, 2.45) is 5.73 Å². The van der Waals surface area contributed by atoms with Crippen LogP contribution in [0.15, 0.2) is 17.5 Å². The van der Waals surface area contributed by atoms with Gasteiger partial charge in [0, 0.05) is 5.38 Å². The molecule has 2 heterocycles. The molecule has 0 aromatic carbocycles. The van der Waals surface area contributed by atoms with E-state index in [0.29, 0.717) is 0 Å². The van der Waals surface area contributed by atoms with Crippen LogP contribution in [0.4, 0.5) is 0 Å². The zero-order chi connectivity index (χ0) is 11.1. The third-order valence-corrected chi connectivity index (χ3v) is 4.32. The first-order valence-corrected chi connectivity index (χ1v) is 6.55. The monoisotopic (exact) mass is 258 g/mol. The summed E-state index contributed by atoms with van der Waals surface area (Å²) in [5.74, 6) is 0. The molecule has 0 saturated heterocycles. The van der Waals surface area contributed by atoms with Crippen molar-refractivity contribution >= 4 is 34.3 Å². The second-order valence-electron chi connectivity index (χ2n) is 3.86. The highest BCUT2D eigenvalue weighted by atomic mass is 35.5. The van der Waals surface area contributed by atoms with Crippen molar-refractivity contribution in [1.29, 1.82) is 0 Å². The Morgan fingerprint density at radius 2 is 2.13 bits per heavy atom. The van der Waals surface area contributed by atoms with Crippen LogP contribution in [-0.4, -0.2) is 4.98 Å². The van der Waals surface area contributed by atoms with Gasteiger partial charge in [-0.05, 0) is 26.0 Å². The molecule has 0 spiro atoms. The van der Waals surface area contributed by atoms with Gasteiger partial charge in [0.15, 0.2) is 0 Å². The fourth-order valence-electron chi connectivity index (χ4n) is 1.13. The van der Waals surface area contributed by atoms with E-state index in [2.05, 4.69) is 4.98 Å². The van der Waals surface area contributed by atoms with Gasteiger partial charge in [-0.1, -0.05) is 11.6 Å². The zero-order valence-electron chi connectivity index (χ0n) is 8.45. The molecule has 0 radical (unpaired) electrons. The van der Waals surface area contributed by atoms with Gasteiger partial charge in [-0.3, -0.25) is 0 Å². The van der Waals surface area contributed by atoms with Crippen LogP contribution in [0, 0.1) is 0 Å². The van der Waals surface area contributed by atoms with Crippen LogP contribution >= 0.6 is 34.3 Å². The highest BCUT2D eigenvalue weighted by Gasteiger charge is 2.19. The van der Waals surface area contributed by atoms with Gasteiger partial charge < -0.3 is 5.73 Å². The summed E-state index contributed by atoms with van der Waals surface area (Å²) in [5.41, 5.74) is 6.57. The lowest BCUT2D eigenvalue weighted by Crippen LogP contribution is -2.28. The van der Waals surface area contributed by atoms with Gasteiger partial charge in [-0.2, -0.15) is 0 Å². The van der Waals surface area contributed by atoms with E-state index in [4.69, 9.17) is 17.3 Å². The maximum Gasteiger partial charge on any atom is 0.113 e. The van der Waals surface area contributed by atoms with E-state index in [0.717, 1.165) is 19.9 Å². The normalized spacial score (nSPS) is 12.0. The lowest BCUT2D eigenvalue weighted by atomic mass is 10.1. The predicted molar refractivity (Wildman–Crippen MR) is 67.7 cm³/mol. The minimum atomic E-state index is -0.371. The molecule has 0 aliphatic rings. The van der Waals surface area contributed by atoms with Crippen LogP contribution in [0.2, 0.25) is 4.34 Å². The van der Waals surface area contributed by atoms with Crippen LogP contribution in [0.25, 0.3) is 10.6 Å². The summed E-state index contributed by atoms with van der Waals surface area (Å²) in [5, 5.41) is 2.97. The molecular weight excluding hydrogens is 248 g/mol. The second kappa shape index (κ2) is 3.87. The molecule has 2 nitrogen and oxygen atoms in total. The van der Waals surface area contributed by atoms with Crippen LogP contribution in [0.3, 0.4) is 0 Å². The third-order valence-electron chi connectivity index (χ3n) is 1.88. The fraction of sp³-hybridized carbons (Fsp3) is 0.300. The van der Waals surface area contributed by atoms with Gasteiger partial charge in [-0.25, -0.2) is 4.98 Å². The molecule has 0 fully saturated rings. The molecular formula is C10H11ClN2S2. The SMILES string of the molecule is CC(C)(N)c1nc(-c2ccc(Cl)s2)cs1. The van der Waals surface area contributed by atoms with E-state index >= 15 is 0 Å². The first-order chi connectivity index (χ1) is 6.97. The average Bonchev–Trinajstić information content (AvgIpc) is 2.69. The highest BCUT2D eigenvalue weighted by Crippen LogP contribution is 2.33. The number of hydrogen-bond donors (Lipinski definition) is 1. The zero-order valence-corrected chi connectivity index (χ0v) is 10.8. The van der Waals surface area contributed by atoms with Crippen molar-refractivity contribution in [3.8, 4) is 10.6 Å². The molecule has 15 heavy (non-hydrogen) atoms. The van der Waals surface area contributed by atoms with E-state index in [1.54, 1.807) is 11.3 Å². The van der Waals surface area contributed by atoms with Gasteiger partial charge >= 0.3 is 0 Å². The average molecular weight is 259 g/mol. The Bertz CT molecular complexity index is 468. The Morgan fingerprint density at radius 1 is 1.40 bits per heavy atom. The van der Waals surface area contributed by atoms with Gasteiger partial charge in [-0.15, -0.1) is 22.7 Å². The summed E-state index contributed by atoms with van der Waals surface area (Å²) in [6.07, 6.45) is 0. The molecule has 0 bridgehead atoms. The van der Waals surface area contributed by atoms with Crippen LogP contribution < -0.4 is 5.73 Å². The van der Waals surface area contributed by atoms with Gasteiger partial charge in [0.05, 0.1) is 20.4 Å². The Kier molecular flexibility index (Phi) is 2.85. The minimum Gasteiger partial charge on any atom is -0.320 e. The number of aromatic nitrogens is 1. The summed E-state index contributed by atoms with van der Waals surface area (Å²) in [4.78, 5) is 5.60. The molecule has 5 heteroatoms. The van der Waals surface area contributed by atoms with Crippen molar-refractivity contribution < 1.29 is 0 Å². The Morgan fingerprint density at radius 3 is 2.60 bits per heavy atom. The Balaban J connectivity index is 2.36. The summed E-state index contributed by atoms with van der Waals surface area (Å²) < 4.78 is 0.784. The molecule has 2 rings (SSSR count). The van der Waals surface area contributed by atoms with Gasteiger partial charge in [0.25, 0.3) is 0 Å². The standard InChI is InChI=1S/C10H11ClN2S2/c1-10(2,12)9-13-6(5-14-9)7-3-4-8(11)15-7/h3-5H,12H2,1-2H3. The number of halogens is 1. The lowest BCUT2D eigenvalue weighted by Gasteiger charge is -2.13. The number of nitrogens with zero attached hydrogens (tertiary/aromatic N) is 1. The number of thiazole rings is 1. The topological polar surface area (TPSA) is 38.9 Å². The molecule has 0 atom stereocenters. The summed E-state index contributed by atoms with van der Waals surface area (Å²) in [6.45, 7) is 3.91. The number of nitrogens with two attached hydrogens (primary N) is 1. The number of rotatable bonds is 2. The molecule has 0 aliphatic heterocycles. The lowest BCUT2D eigenvalue weighted by molar-refractivity contribution is 0.551. The third kappa shape index (κ3) is 2.39. The summed E-state index contributed by atoms with van der Waals surface area (Å²) >= 11 is 9.00. The van der Waals surface area contributed by atoms with Crippen molar-refractivity contribution in [2.75, 3.05) is 0 Å². The van der Waals surface area contributed by atoms with Crippen molar-refractivity contribution in [1.82, 2.24) is 4.98 Å². The van der Waals surface area contributed by atoms with Crippen LogP contribution in [0.5, 0.6) is 0 Å². The van der Waals surface area contributed by atoms with Crippen molar-refractivity contribution in [2.45, 2.75) is 19.4 Å². The smallest absolute Gasteiger partial charge is 0.113 e. The Labute approximate surface area is 102 Å².